The van der Waals surface area contributed by atoms with Gasteiger partial charge in [0, 0.05) is 12.2 Å². The van der Waals surface area contributed by atoms with Gasteiger partial charge in [0.2, 0.25) is 0 Å². The molecule has 0 amide bonds. The minimum atomic E-state index is -0.142. The van der Waals surface area contributed by atoms with Crippen molar-refractivity contribution in [1.82, 2.24) is 4.98 Å². The maximum atomic E-state index is 9.39. The molecule has 1 fully saturated rings. The highest BCUT2D eigenvalue weighted by molar-refractivity contribution is 5.43. The molecular weight excluding hydrogens is 202 g/mol. The summed E-state index contributed by atoms with van der Waals surface area (Å²) in [6, 6.07) is 5.90. The van der Waals surface area contributed by atoms with Crippen LogP contribution in [0.15, 0.2) is 18.3 Å². The van der Waals surface area contributed by atoms with Gasteiger partial charge >= 0.3 is 0 Å². The summed E-state index contributed by atoms with van der Waals surface area (Å²) in [6.07, 6.45) is 5.10. The number of anilines is 1. The van der Waals surface area contributed by atoms with Crippen LogP contribution in [0.2, 0.25) is 0 Å². The zero-order chi connectivity index (χ0) is 11.4. The number of nitrogens with one attached hydrogen (secondary N) is 1. The lowest BCUT2D eigenvalue weighted by atomic mass is 9.93. The second-order valence-electron chi connectivity index (χ2n) is 4.19. The van der Waals surface area contributed by atoms with Gasteiger partial charge < -0.3 is 10.4 Å². The van der Waals surface area contributed by atoms with E-state index in [1.54, 1.807) is 18.3 Å². The van der Waals surface area contributed by atoms with Crippen molar-refractivity contribution in [3.05, 3.63) is 23.9 Å². The van der Waals surface area contributed by atoms with Crippen LogP contribution in [0.5, 0.6) is 0 Å². The number of aliphatic hydroxyl groups is 1. The van der Waals surface area contributed by atoms with Gasteiger partial charge in [-0.05, 0) is 37.8 Å². The van der Waals surface area contributed by atoms with Crippen LogP contribution in [0.1, 0.15) is 31.2 Å². The topological polar surface area (TPSA) is 68.9 Å². The van der Waals surface area contributed by atoms with Crippen molar-refractivity contribution in [1.29, 1.82) is 5.26 Å². The van der Waals surface area contributed by atoms with E-state index >= 15 is 0 Å². The molecular formula is C12H15N3O. The number of rotatable bonds is 2. The average Bonchev–Trinajstić information content (AvgIpc) is 2.32. The summed E-state index contributed by atoms with van der Waals surface area (Å²) in [7, 11) is 0. The van der Waals surface area contributed by atoms with E-state index in [2.05, 4.69) is 16.4 Å². The maximum absolute atomic E-state index is 9.39. The Morgan fingerprint density at radius 3 is 2.81 bits per heavy atom. The number of aromatic nitrogens is 1. The third-order valence-corrected chi connectivity index (χ3v) is 2.94. The highest BCUT2D eigenvalue weighted by Crippen LogP contribution is 2.21. The standard InChI is InChI=1S/C12H15N3O/c13-8-9-5-6-14-12(7-9)15-10-1-3-11(16)4-2-10/h5-7,10-11,16H,1-4H2,(H,14,15). The first-order valence-electron chi connectivity index (χ1n) is 5.58. The van der Waals surface area contributed by atoms with Gasteiger partial charge in [-0.3, -0.25) is 0 Å². The molecule has 2 N–H and O–H groups in total. The Morgan fingerprint density at radius 1 is 1.38 bits per heavy atom. The first-order valence-corrected chi connectivity index (χ1v) is 5.58. The number of aliphatic hydroxyl groups excluding tert-OH is 1. The third kappa shape index (κ3) is 2.71. The smallest absolute Gasteiger partial charge is 0.127 e. The van der Waals surface area contributed by atoms with E-state index in [1.807, 2.05) is 0 Å². The summed E-state index contributed by atoms with van der Waals surface area (Å²) in [5.41, 5.74) is 0.619. The fourth-order valence-corrected chi connectivity index (χ4v) is 2.01. The predicted octanol–water partition coefficient (Wildman–Crippen LogP) is 1.67. The van der Waals surface area contributed by atoms with Crippen LogP contribution >= 0.6 is 0 Å². The normalized spacial score (nSPS) is 24.8. The quantitative estimate of drug-likeness (QED) is 0.790. The maximum Gasteiger partial charge on any atom is 0.127 e. The van der Waals surface area contributed by atoms with Crippen molar-refractivity contribution < 1.29 is 5.11 Å². The van der Waals surface area contributed by atoms with Gasteiger partial charge in [0.25, 0.3) is 0 Å². The molecule has 0 atom stereocenters. The van der Waals surface area contributed by atoms with Crippen LogP contribution < -0.4 is 5.32 Å². The molecule has 0 aromatic carbocycles. The number of hydrogen-bond acceptors (Lipinski definition) is 4. The van der Waals surface area contributed by atoms with Gasteiger partial charge in [-0.15, -0.1) is 0 Å². The third-order valence-electron chi connectivity index (χ3n) is 2.94. The lowest BCUT2D eigenvalue weighted by Gasteiger charge is -2.26. The summed E-state index contributed by atoms with van der Waals surface area (Å²) in [6.45, 7) is 0. The zero-order valence-corrected chi connectivity index (χ0v) is 9.06. The van der Waals surface area contributed by atoms with Crippen LogP contribution in [0, 0.1) is 11.3 Å². The number of nitriles is 1. The van der Waals surface area contributed by atoms with Gasteiger partial charge in [-0.2, -0.15) is 5.26 Å². The van der Waals surface area contributed by atoms with Crippen molar-refractivity contribution >= 4 is 5.82 Å². The monoisotopic (exact) mass is 217 g/mol. The van der Waals surface area contributed by atoms with E-state index in [9.17, 15) is 5.11 Å². The zero-order valence-electron chi connectivity index (χ0n) is 9.06. The molecule has 4 nitrogen and oxygen atoms in total. The molecule has 0 aliphatic heterocycles. The van der Waals surface area contributed by atoms with E-state index < -0.39 is 0 Å². The molecule has 1 heterocycles. The van der Waals surface area contributed by atoms with Gasteiger partial charge in [-0.1, -0.05) is 0 Å². The van der Waals surface area contributed by atoms with E-state index in [0.717, 1.165) is 31.5 Å². The van der Waals surface area contributed by atoms with Gasteiger partial charge in [-0.25, -0.2) is 4.98 Å². The van der Waals surface area contributed by atoms with Crippen molar-refractivity contribution in [3.63, 3.8) is 0 Å². The lowest BCUT2D eigenvalue weighted by Crippen LogP contribution is -2.28. The van der Waals surface area contributed by atoms with Gasteiger partial charge in [0.15, 0.2) is 0 Å². The van der Waals surface area contributed by atoms with Crippen molar-refractivity contribution in [2.45, 2.75) is 37.8 Å². The first kappa shape index (κ1) is 10.9. The molecule has 0 bridgehead atoms. The lowest BCUT2D eigenvalue weighted by molar-refractivity contribution is 0.126. The number of hydrogen-bond donors (Lipinski definition) is 2. The van der Waals surface area contributed by atoms with Gasteiger partial charge in [0.05, 0.1) is 17.7 Å². The number of nitrogens with zero attached hydrogens (tertiary/aromatic N) is 2. The minimum absolute atomic E-state index is 0.142. The second kappa shape index (κ2) is 4.95. The Hall–Kier alpha value is -1.60. The molecule has 0 radical (unpaired) electrons. The van der Waals surface area contributed by atoms with E-state index in [1.165, 1.54) is 0 Å². The van der Waals surface area contributed by atoms with Crippen LogP contribution in [-0.4, -0.2) is 22.2 Å². The molecule has 2 rings (SSSR count). The molecule has 0 saturated heterocycles. The minimum Gasteiger partial charge on any atom is -0.393 e. The molecule has 1 aromatic rings. The summed E-state index contributed by atoms with van der Waals surface area (Å²) in [5.74, 6) is 0.750. The highest BCUT2D eigenvalue weighted by atomic mass is 16.3. The highest BCUT2D eigenvalue weighted by Gasteiger charge is 2.19. The van der Waals surface area contributed by atoms with E-state index in [-0.39, 0.29) is 6.10 Å². The summed E-state index contributed by atoms with van der Waals surface area (Å²) in [5, 5.41) is 21.5. The predicted molar refractivity (Wildman–Crippen MR) is 60.8 cm³/mol. The average molecular weight is 217 g/mol. The summed E-state index contributed by atoms with van der Waals surface area (Å²) < 4.78 is 0. The SMILES string of the molecule is N#Cc1ccnc(NC2CCC(O)CC2)c1. The molecule has 1 aliphatic rings. The molecule has 4 heteroatoms. The van der Waals surface area contributed by atoms with Crippen LogP contribution in [0.3, 0.4) is 0 Å². The Kier molecular flexibility index (Phi) is 3.37. The second-order valence-corrected chi connectivity index (χ2v) is 4.19. The largest absolute Gasteiger partial charge is 0.393 e. The molecule has 84 valence electrons. The molecule has 0 unspecified atom stereocenters. The van der Waals surface area contributed by atoms with Crippen molar-refractivity contribution in [2.75, 3.05) is 5.32 Å². The fraction of sp³-hybridized carbons (Fsp3) is 0.500. The van der Waals surface area contributed by atoms with Crippen molar-refractivity contribution in [3.8, 4) is 6.07 Å². The summed E-state index contributed by atoms with van der Waals surface area (Å²) >= 11 is 0. The van der Waals surface area contributed by atoms with Gasteiger partial charge in [0.1, 0.15) is 5.82 Å². The van der Waals surface area contributed by atoms with E-state index in [0.29, 0.717) is 11.6 Å². The molecule has 0 spiro atoms. The van der Waals surface area contributed by atoms with Crippen LogP contribution in [0.4, 0.5) is 5.82 Å². The molecule has 1 saturated carbocycles. The Balaban J connectivity index is 1.96. The first-order chi connectivity index (χ1) is 7.78. The Morgan fingerprint density at radius 2 is 2.12 bits per heavy atom. The summed E-state index contributed by atoms with van der Waals surface area (Å²) in [4.78, 5) is 4.18. The van der Waals surface area contributed by atoms with Crippen LogP contribution in [0.25, 0.3) is 0 Å². The Bertz CT molecular complexity index is 391. The fourth-order valence-electron chi connectivity index (χ4n) is 2.01. The van der Waals surface area contributed by atoms with E-state index in [4.69, 9.17) is 5.26 Å². The molecule has 1 aliphatic carbocycles. The molecule has 16 heavy (non-hydrogen) atoms. The Labute approximate surface area is 94.9 Å². The number of pyridine rings is 1. The van der Waals surface area contributed by atoms with Crippen molar-refractivity contribution in [2.24, 2.45) is 0 Å². The molecule has 1 aromatic heterocycles. The van der Waals surface area contributed by atoms with Crippen LogP contribution in [-0.2, 0) is 0 Å².